The highest BCUT2D eigenvalue weighted by Gasteiger charge is 2.27. The third kappa shape index (κ3) is 3.62. The number of thiophene rings is 1. The van der Waals surface area contributed by atoms with Gasteiger partial charge in [-0.05, 0) is 25.3 Å². The van der Waals surface area contributed by atoms with Crippen LogP contribution in [0.15, 0.2) is 34.2 Å². The molecule has 9 nitrogen and oxygen atoms in total. The molecule has 140 valence electrons. The molecule has 0 radical (unpaired) electrons. The minimum Gasteiger partial charge on any atom is -0.361 e. The Morgan fingerprint density at radius 3 is 2.96 bits per heavy atom. The second-order valence-electron chi connectivity index (χ2n) is 6.36. The molecule has 3 aromatic heterocycles. The van der Waals surface area contributed by atoms with E-state index in [1.807, 2.05) is 24.4 Å². The predicted molar refractivity (Wildman–Crippen MR) is 99.1 cm³/mol. The number of aryl methyl sites for hydroxylation is 1. The lowest BCUT2D eigenvalue weighted by Gasteiger charge is -2.30. The van der Waals surface area contributed by atoms with Gasteiger partial charge in [0, 0.05) is 24.6 Å². The molecular weight excluding hydrogens is 368 g/mol. The largest absolute Gasteiger partial charge is 0.361 e. The Morgan fingerprint density at radius 2 is 2.30 bits per heavy atom. The summed E-state index contributed by atoms with van der Waals surface area (Å²) >= 11 is 1.54. The summed E-state index contributed by atoms with van der Waals surface area (Å²) in [6.07, 6.45) is -0.181. The standard InChI is InChI=1S/C17H18N6O3S/c1-9-6-15(24)20-17(18-9)23-14(8-11(21-23)13-4-3-5-27-13)19-16(25)12-7-10(2)26-22-12/h3-5,7-9,17-18H,6H2,1-2H3,(H,19,25)(H,20,24). The van der Waals surface area contributed by atoms with Crippen molar-refractivity contribution in [3.8, 4) is 10.6 Å². The molecule has 0 aliphatic carbocycles. The van der Waals surface area contributed by atoms with Crippen LogP contribution in [0.3, 0.4) is 0 Å². The topological polar surface area (TPSA) is 114 Å². The number of anilines is 1. The van der Waals surface area contributed by atoms with Crippen LogP contribution in [-0.4, -0.2) is 32.8 Å². The van der Waals surface area contributed by atoms with Gasteiger partial charge in [0.2, 0.25) is 5.91 Å². The molecule has 2 unspecified atom stereocenters. The van der Waals surface area contributed by atoms with Crippen molar-refractivity contribution in [1.29, 1.82) is 0 Å². The number of nitrogens with one attached hydrogen (secondary N) is 3. The van der Waals surface area contributed by atoms with Gasteiger partial charge in [-0.3, -0.25) is 14.9 Å². The van der Waals surface area contributed by atoms with Crippen LogP contribution in [0.4, 0.5) is 5.82 Å². The van der Waals surface area contributed by atoms with Gasteiger partial charge in [-0.2, -0.15) is 5.10 Å². The van der Waals surface area contributed by atoms with Crippen LogP contribution >= 0.6 is 11.3 Å². The van der Waals surface area contributed by atoms with Crippen LogP contribution in [0, 0.1) is 6.92 Å². The van der Waals surface area contributed by atoms with Gasteiger partial charge in [-0.15, -0.1) is 11.3 Å². The second-order valence-corrected chi connectivity index (χ2v) is 7.30. The molecule has 3 N–H and O–H groups in total. The molecule has 4 heterocycles. The molecule has 4 rings (SSSR count). The number of carbonyl (C=O) groups excluding carboxylic acids is 2. The Balaban J connectivity index is 1.68. The summed E-state index contributed by atoms with van der Waals surface area (Å²) in [6.45, 7) is 3.64. The molecule has 1 aliphatic heterocycles. The average Bonchev–Trinajstić information content (AvgIpc) is 3.33. The van der Waals surface area contributed by atoms with Crippen LogP contribution in [-0.2, 0) is 4.79 Å². The van der Waals surface area contributed by atoms with Crippen molar-refractivity contribution in [1.82, 2.24) is 25.6 Å². The van der Waals surface area contributed by atoms with Gasteiger partial charge >= 0.3 is 0 Å². The third-order valence-electron chi connectivity index (χ3n) is 4.09. The van der Waals surface area contributed by atoms with Crippen molar-refractivity contribution < 1.29 is 14.1 Å². The maximum Gasteiger partial charge on any atom is 0.278 e. The number of nitrogens with zero attached hydrogens (tertiary/aromatic N) is 3. The van der Waals surface area contributed by atoms with E-state index in [4.69, 9.17) is 4.52 Å². The molecule has 2 amide bonds. The minimum atomic E-state index is -0.565. The van der Waals surface area contributed by atoms with Crippen LogP contribution in [0.2, 0.25) is 0 Å². The Morgan fingerprint density at radius 1 is 1.44 bits per heavy atom. The highest BCUT2D eigenvalue weighted by molar-refractivity contribution is 7.13. The summed E-state index contributed by atoms with van der Waals surface area (Å²) in [5.74, 6) is 0.490. The van der Waals surface area contributed by atoms with Crippen LogP contribution < -0.4 is 16.0 Å². The summed E-state index contributed by atoms with van der Waals surface area (Å²) in [5, 5.41) is 19.2. The summed E-state index contributed by atoms with van der Waals surface area (Å²) in [6, 6.07) is 7.18. The number of hydrogen-bond donors (Lipinski definition) is 3. The Hall–Kier alpha value is -2.98. The summed E-state index contributed by atoms with van der Waals surface area (Å²) in [5.41, 5.74) is 0.873. The second kappa shape index (κ2) is 6.97. The lowest BCUT2D eigenvalue weighted by molar-refractivity contribution is -0.125. The van der Waals surface area contributed by atoms with Gasteiger partial charge in [-0.25, -0.2) is 4.68 Å². The molecule has 27 heavy (non-hydrogen) atoms. The Labute approximate surface area is 158 Å². The average molecular weight is 386 g/mol. The van der Waals surface area contributed by atoms with Crippen molar-refractivity contribution in [3.63, 3.8) is 0 Å². The molecule has 0 spiro atoms. The van der Waals surface area contributed by atoms with Crippen LogP contribution in [0.25, 0.3) is 10.6 Å². The lowest BCUT2D eigenvalue weighted by Crippen LogP contribution is -2.52. The molecule has 0 saturated carbocycles. The number of rotatable bonds is 4. The molecule has 2 atom stereocenters. The van der Waals surface area contributed by atoms with E-state index in [1.54, 1.807) is 35.1 Å². The van der Waals surface area contributed by atoms with E-state index in [9.17, 15) is 9.59 Å². The van der Waals surface area contributed by atoms with E-state index in [0.717, 1.165) is 4.88 Å². The number of hydrogen-bond acceptors (Lipinski definition) is 7. The summed E-state index contributed by atoms with van der Waals surface area (Å²) in [4.78, 5) is 25.4. The van der Waals surface area contributed by atoms with Crippen LogP contribution in [0.1, 0.15) is 35.9 Å². The maximum atomic E-state index is 12.5. The lowest BCUT2D eigenvalue weighted by atomic mass is 10.2. The number of carbonyl (C=O) groups is 2. The predicted octanol–water partition coefficient (Wildman–Crippen LogP) is 2.11. The first kappa shape index (κ1) is 17.4. The summed E-state index contributed by atoms with van der Waals surface area (Å²) in [7, 11) is 0. The molecule has 0 bridgehead atoms. The van der Waals surface area contributed by atoms with E-state index < -0.39 is 12.2 Å². The van der Waals surface area contributed by atoms with Gasteiger partial charge in [0.05, 0.1) is 4.88 Å². The van der Waals surface area contributed by atoms with Crippen molar-refractivity contribution in [2.24, 2.45) is 0 Å². The highest BCUT2D eigenvalue weighted by atomic mass is 32.1. The molecule has 10 heteroatoms. The molecule has 1 aliphatic rings. The zero-order valence-corrected chi connectivity index (χ0v) is 15.5. The molecule has 0 aromatic carbocycles. The van der Waals surface area contributed by atoms with Crippen LogP contribution in [0.5, 0.6) is 0 Å². The fourth-order valence-corrected chi connectivity index (χ4v) is 3.56. The SMILES string of the molecule is Cc1cc(C(=O)Nc2cc(-c3cccs3)nn2C2NC(=O)CC(C)N2)no1. The molecule has 1 saturated heterocycles. The Kier molecular flexibility index (Phi) is 4.50. The zero-order chi connectivity index (χ0) is 19.0. The van der Waals surface area contributed by atoms with E-state index in [-0.39, 0.29) is 17.6 Å². The van der Waals surface area contributed by atoms with Crippen molar-refractivity contribution in [2.45, 2.75) is 32.6 Å². The minimum absolute atomic E-state index is 0.0140. The quantitative estimate of drug-likeness (QED) is 0.633. The van der Waals surface area contributed by atoms with Crippen molar-refractivity contribution in [3.05, 3.63) is 41.1 Å². The molecular formula is C17H18N6O3S. The van der Waals surface area contributed by atoms with Gasteiger partial charge in [0.1, 0.15) is 17.3 Å². The number of aromatic nitrogens is 3. The monoisotopic (exact) mass is 386 g/mol. The highest BCUT2D eigenvalue weighted by Crippen LogP contribution is 2.28. The van der Waals surface area contributed by atoms with E-state index in [2.05, 4.69) is 26.2 Å². The Bertz CT molecular complexity index is 977. The first-order valence-corrected chi connectivity index (χ1v) is 9.31. The van der Waals surface area contributed by atoms with E-state index in [0.29, 0.717) is 23.7 Å². The maximum absolute atomic E-state index is 12.5. The fourth-order valence-electron chi connectivity index (χ4n) is 2.87. The first-order chi connectivity index (χ1) is 13.0. The van der Waals surface area contributed by atoms with Gasteiger partial charge < -0.3 is 15.2 Å². The van der Waals surface area contributed by atoms with Crippen molar-refractivity contribution in [2.75, 3.05) is 5.32 Å². The smallest absolute Gasteiger partial charge is 0.278 e. The molecule has 1 fully saturated rings. The van der Waals surface area contributed by atoms with E-state index in [1.165, 1.54) is 0 Å². The number of amides is 2. The third-order valence-corrected chi connectivity index (χ3v) is 4.98. The summed E-state index contributed by atoms with van der Waals surface area (Å²) < 4.78 is 6.52. The fraction of sp³-hybridized carbons (Fsp3) is 0.294. The first-order valence-electron chi connectivity index (χ1n) is 8.43. The van der Waals surface area contributed by atoms with E-state index >= 15 is 0 Å². The van der Waals surface area contributed by atoms with Gasteiger partial charge in [0.25, 0.3) is 5.91 Å². The van der Waals surface area contributed by atoms with Gasteiger partial charge in [0.15, 0.2) is 12.0 Å². The zero-order valence-electron chi connectivity index (χ0n) is 14.7. The normalized spacial score (nSPS) is 19.7. The van der Waals surface area contributed by atoms with Gasteiger partial charge in [-0.1, -0.05) is 11.2 Å². The van der Waals surface area contributed by atoms with Crippen molar-refractivity contribution >= 4 is 29.0 Å². The molecule has 3 aromatic rings.